The predicted molar refractivity (Wildman–Crippen MR) is 130 cm³/mol. The number of fused-ring (bicyclic) bond motifs is 1. The summed E-state index contributed by atoms with van der Waals surface area (Å²) in [7, 11) is 0. The van der Waals surface area contributed by atoms with Crippen LogP contribution in [0.3, 0.4) is 0 Å². The number of rotatable bonds is 9. The Kier molecular flexibility index (Phi) is 8.01. The lowest BCUT2D eigenvalue weighted by Crippen LogP contribution is -2.44. The van der Waals surface area contributed by atoms with E-state index in [1.807, 2.05) is 81.5 Å². The third-order valence-electron chi connectivity index (χ3n) is 5.55. The van der Waals surface area contributed by atoms with Crippen LogP contribution >= 0.6 is 0 Å². The van der Waals surface area contributed by atoms with Crippen LogP contribution in [-0.4, -0.2) is 36.2 Å². The van der Waals surface area contributed by atoms with E-state index in [1.54, 1.807) is 0 Å². The van der Waals surface area contributed by atoms with Crippen LogP contribution in [0.4, 0.5) is 0 Å². The number of carbonyl (C=O) groups excluding carboxylic acids is 3. The van der Waals surface area contributed by atoms with Crippen LogP contribution < -0.4 is 10.6 Å². The number of nitrogens with zero attached hydrogens (tertiary/aromatic N) is 1. The molecule has 1 aliphatic rings. The Bertz CT molecular complexity index is 1180. The summed E-state index contributed by atoms with van der Waals surface area (Å²) in [6.07, 6.45) is 6.93. The van der Waals surface area contributed by atoms with Gasteiger partial charge >= 0.3 is 0 Å². The summed E-state index contributed by atoms with van der Waals surface area (Å²) >= 11 is 0. The van der Waals surface area contributed by atoms with Gasteiger partial charge in [0.1, 0.15) is 6.54 Å². The van der Waals surface area contributed by atoms with Crippen molar-refractivity contribution < 1.29 is 14.4 Å². The lowest BCUT2D eigenvalue weighted by Gasteiger charge is -2.25. The largest absolute Gasteiger partial charge is 0.350 e. The van der Waals surface area contributed by atoms with Gasteiger partial charge in [-0.25, -0.2) is 0 Å². The van der Waals surface area contributed by atoms with Gasteiger partial charge in [-0.05, 0) is 47.8 Å². The van der Waals surface area contributed by atoms with E-state index in [-0.39, 0.29) is 30.9 Å². The zero-order chi connectivity index (χ0) is 23.8. The van der Waals surface area contributed by atoms with E-state index in [0.29, 0.717) is 12.1 Å². The number of hydrogen-bond donors (Lipinski definition) is 2. The average Bonchev–Trinajstić information content (AvgIpc) is 3.01. The van der Waals surface area contributed by atoms with Gasteiger partial charge in [0.25, 0.3) is 0 Å². The molecule has 0 radical (unpaired) electrons. The Balaban J connectivity index is 1.86. The highest BCUT2D eigenvalue weighted by molar-refractivity contribution is 5.90. The average molecular weight is 444 g/mol. The molecule has 0 saturated heterocycles. The molecule has 0 aliphatic heterocycles. The zero-order valence-corrected chi connectivity index (χ0v) is 19.2. The van der Waals surface area contributed by atoms with Crippen molar-refractivity contribution in [2.45, 2.75) is 33.2 Å². The van der Waals surface area contributed by atoms with Crippen molar-refractivity contribution in [1.82, 2.24) is 15.5 Å². The molecule has 33 heavy (non-hydrogen) atoms. The zero-order valence-electron chi connectivity index (χ0n) is 19.2. The summed E-state index contributed by atoms with van der Waals surface area (Å²) in [4.78, 5) is 38.1. The molecule has 2 N–H and O–H groups in total. The molecule has 6 nitrogen and oxygen atoms in total. The second kappa shape index (κ2) is 11.1. The van der Waals surface area contributed by atoms with E-state index >= 15 is 0 Å². The highest BCUT2D eigenvalue weighted by Crippen LogP contribution is 2.24. The Morgan fingerprint density at radius 2 is 1.91 bits per heavy atom. The van der Waals surface area contributed by atoms with Crippen LogP contribution in [0.15, 0.2) is 83.3 Å². The van der Waals surface area contributed by atoms with Crippen LogP contribution in [0.5, 0.6) is 0 Å². The standard InChI is InChI=1S/C27H29N3O3/c1-4-21-10-7-9-19(2)25(15-21)30(27(33)16-28-18-31)17-26(32)29-20(3)23-14-8-12-22-11-5-6-13-24(22)23/h5-14,18,20H,4,16-17H2,1-3H3,(H,28,31)(H,29,32). The minimum atomic E-state index is -0.386. The van der Waals surface area contributed by atoms with E-state index < -0.39 is 0 Å². The molecule has 0 spiro atoms. The molecule has 0 fully saturated rings. The maximum absolute atomic E-state index is 13.1. The molecule has 6 heteroatoms. The number of benzene rings is 2. The first-order chi connectivity index (χ1) is 15.9. The molecule has 1 atom stereocenters. The molecule has 1 unspecified atom stereocenters. The second-order valence-electron chi connectivity index (χ2n) is 7.90. The molecule has 2 aromatic carbocycles. The third-order valence-corrected chi connectivity index (χ3v) is 5.55. The molecular formula is C27H29N3O3. The van der Waals surface area contributed by atoms with Crippen molar-refractivity contribution in [1.29, 1.82) is 0 Å². The van der Waals surface area contributed by atoms with Gasteiger partial charge in [0.2, 0.25) is 18.2 Å². The van der Waals surface area contributed by atoms with Crippen LogP contribution in [0.25, 0.3) is 10.8 Å². The molecule has 3 rings (SSSR count). The van der Waals surface area contributed by atoms with Crippen molar-refractivity contribution in [2.24, 2.45) is 0 Å². The molecule has 0 heterocycles. The summed E-state index contributed by atoms with van der Waals surface area (Å²) in [5.41, 5.74) is 6.54. The Hall–Kier alpha value is -3.89. The third kappa shape index (κ3) is 5.88. The van der Waals surface area contributed by atoms with Gasteiger partial charge in [-0.15, -0.1) is 0 Å². The van der Waals surface area contributed by atoms with Crippen molar-refractivity contribution >= 4 is 29.0 Å². The van der Waals surface area contributed by atoms with Crippen molar-refractivity contribution in [2.75, 3.05) is 13.1 Å². The van der Waals surface area contributed by atoms with Gasteiger partial charge in [-0.1, -0.05) is 73.3 Å². The topological polar surface area (TPSA) is 78.5 Å². The number of nitrogens with one attached hydrogen (secondary N) is 2. The first kappa shape index (κ1) is 23.8. The number of amides is 3. The highest BCUT2D eigenvalue weighted by atomic mass is 16.2. The number of carbonyl (C=O) groups is 3. The Morgan fingerprint density at radius 3 is 2.67 bits per heavy atom. The van der Waals surface area contributed by atoms with Crippen LogP contribution in [-0.2, 0) is 14.4 Å². The summed E-state index contributed by atoms with van der Waals surface area (Å²) in [5.74, 6) is -0.685. The van der Waals surface area contributed by atoms with Crippen molar-refractivity contribution in [3.05, 3.63) is 88.8 Å². The van der Waals surface area contributed by atoms with Gasteiger partial charge in [0, 0.05) is 0 Å². The van der Waals surface area contributed by atoms with Crippen LogP contribution in [0.1, 0.15) is 38.8 Å². The van der Waals surface area contributed by atoms with Gasteiger partial charge in [0.15, 0.2) is 0 Å². The fourth-order valence-corrected chi connectivity index (χ4v) is 3.82. The molecular weight excluding hydrogens is 414 g/mol. The molecule has 0 aromatic heterocycles. The van der Waals surface area contributed by atoms with Gasteiger partial charge < -0.3 is 10.6 Å². The lowest BCUT2D eigenvalue weighted by atomic mass is 10.00. The quantitative estimate of drug-likeness (QED) is 0.455. The van der Waals surface area contributed by atoms with E-state index in [9.17, 15) is 14.4 Å². The summed E-state index contributed by atoms with van der Waals surface area (Å²) < 4.78 is 0. The molecule has 0 bridgehead atoms. The molecule has 2 aromatic rings. The molecule has 0 saturated carbocycles. The van der Waals surface area contributed by atoms with E-state index in [2.05, 4.69) is 16.4 Å². The lowest BCUT2D eigenvalue weighted by molar-refractivity contribution is -0.134. The SMILES string of the molecule is CCC1=C=C(N(CC(=O)NC(C)c2cccc3ccccc23)C(=O)CNC=O)C(C)=CC=C1. The van der Waals surface area contributed by atoms with Gasteiger partial charge in [-0.2, -0.15) is 0 Å². The smallest absolute Gasteiger partial charge is 0.247 e. The van der Waals surface area contributed by atoms with Crippen molar-refractivity contribution in [3.63, 3.8) is 0 Å². The van der Waals surface area contributed by atoms with Crippen molar-refractivity contribution in [3.8, 4) is 0 Å². The summed E-state index contributed by atoms with van der Waals surface area (Å²) in [6.45, 7) is 5.41. The number of hydrogen-bond acceptors (Lipinski definition) is 3. The molecule has 1 aliphatic carbocycles. The fourth-order valence-electron chi connectivity index (χ4n) is 3.82. The maximum atomic E-state index is 13.1. The van der Waals surface area contributed by atoms with Gasteiger partial charge in [-0.3, -0.25) is 19.3 Å². The normalized spacial score (nSPS) is 13.8. The Labute approximate surface area is 194 Å². The summed E-state index contributed by atoms with van der Waals surface area (Å²) in [5, 5.41) is 7.59. The highest BCUT2D eigenvalue weighted by Gasteiger charge is 2.24. The number of allylic oxidation sites excluding steroid dienone is 4. The van der Waals surface area contributed by atoms with Crippen LogP contribution in [0.2, 0.25) is 0 Å². The van der Waals surface area contributed by atoms with E-state index in [4.69, 9.17) is 0 Å². The Morgan fingerprint density at radius 1 is 1.15 bits per heavy atom. The predicted octanol–water partition coefficient (Wildman–Crippen LogP) is 3.93. The minimum Gasteiger partial charge on any atom is -0.350 e. The van der Waals surface area contributed by atoms with E-state index in [1.165, 1.54) is 4.90 Å². The fraction of sp³-hybridized carbons (Fsp3) is 0.259. The van der Waals surface area contributed by atoms with Crippen LogP contribution in [0, 0.1) is 0 Å². The first-order valence-electron chi connectivity index (χ1n) is 11.0. The minimum absolute atomic E-state index is 0.182. The maximum Gasteiger partial charge on any atom is 0.247 e. The molecule has 170 valence electrons. The monoisotopic (exact) mass is 443 g/mol. The van der Waals surface area contributed by atoms with E-state index in [0.717, 1.165) is 33.9 Å². The summed E-state index contributed by atoms with van der Waals surface area (Å²) in [6, 6.07) is 13.8. The second-order valence-corrected chi connectivity index (χ2v) is 7.90. The van der Waals surface area contributed by atoms with Gasteiger partial charge in [0.05, 0.1) is 18.3 Å². The molecule has 3 amide bonds. The first-order valence-corrected chi connectivity index (χ1v) is 11.0.